The molecular formula is C45H35Cl4I6N13O17P-. The number of anilines is 2. The van der Waals surface area contributed by atoms with E-state index in [1.54, 1.807) is 67.0 Å². The summed E-state index contributed by atoms with van der Waals surface area (Å²) >= 11 is 29.0. The molecule has 9 heterocycles. The summed E-state index contributed by atoms with van der Waals surface area (Å²) in [7, 11) is 5.68. The maximum atomic E-state index is 12.6. The Morgan fingerprint density at radius 3 is 1.43 bits per heavy atom. The predicted molar refractivity (Wildman–Crippen MR) is 362 cm³/mol. The standard InChI is InChI=1S/C18H13N5O4.C9H6ClN3O4.C9H7N3O5.C9H8N2O3.Cl3OP.I3.I2.HI/c1-27-14-5-3-9-22-17(14)21-16(15(18(22)24)23(25)26)20-12-6-7-13-11(10-12)4-2-8-19-13;1-17-5-3-2-4-12-8(5)11-7(10)6(9(12)14)13(15)16;1-17-5-3-2-4-11-7(5)10-8(13)6(9(11)14)12(15)16;1-14-6-3-2-4-11-8(13)5-7(12)10-9(6)11;1-5(2,3)4;1-3-2;1-2;/h2-10,20H,1H3;2-4H,1H3;2-4,13H,1H3;2-5,12H,1H3;;;;1H/q;;;;;-1;;. The van der Waals surface area contributed by atoms with Gasteiger partial charge in [0.15, 0.2) is 45.6 Å². The Morgan fingerprint density at radius 2 is 0.988 bits per heavy atom. The summed E-state index contributed by atoms with van der Waals surface area (Å²) in [6.45, 7) is 0. The van der Waals surface area contributed by atoms with Gasteiger partial charge in [-0.05, 0) is 107 Å². The molecule has 0 saturated carbocycles. The van der Waals surface area contributed by atoms with Crippen LogP contribution in [0.5, 0.6) is 34.8 Å². The molecule has 0 aliphatic carbocycles. The zero-order valence-corrected chi connectivity index (χ0v) is 60.1. The number of benzene rings is 1. The van der Waals surface area contributed by atoms with Gasteiger partial charge in [0.2, 0.25) is 16.9 Å². The Labute approximate surface area is 569 Å². The third kappa shape index (κ3) is 19.8. The SMILES string of the molecule is COc1cccn2c(=O)c([N+](=O)[O-])c(Cl)nc12.COc1cccn2c(=O)c([N+](=O)[O-])c(Nc3ccc4ncccc4c3)nc12.COc1cccn2c(=O)c([N+](=O)[O-])c(O)nc12.COc1cccn2c(=O)cc(O)nc12.I.II.I[I-]I.O=P(Cl)(Cl)Cl. The number of methoxy groups -OCH3 is 4. The number of halogens is 10. The number of fused-ring (bicyclic) bond motifs is 5. The second kappa shape index (κ2) is 35.6. The maximum Gasteiger partial charge on any atom is 0.339 e. The van der Waals surface area contributed by atoms with Crippen molar-refractivity contribution in [3.05, 3.63) is 193 Å². The van der Waals surface area contributed by atoms with Gasteiger partial charge in [0.05, 0.1) is 54.8 Å². The summed E-state index contributed by atoms with van der Waals surface area (Å²) < 4.78 is 34.0. The van der Waals surface area contributed by atoms with Crippen molar-refractivity contribution in [2.75, 3.05) is 33.8 Å². The minimum atomic E-state index is -3.22. The van der Waals surface area contributed by atoms with Gasteiger partial charge in [-0.25, -0.2) is 9.97 Å². The molecule has 0 bridgehead atoms. The number of hydrogen-bond donors (Lipinski definition) is 3. The Bertz CT molecular complexity index is 4280. The summed E-state index contributed by atoms with van der Waals surface area (Å²) in [5, 5.41) is 51.4. The molecule has 1 aromatic carbocycles. The zero-order chi connectivity index (χ0) is 63.5. The van der Waals surface area contributed by atoms with Gasteiger partial charge in [-0.1, -0.05) is 17.7 Å². The van der Waals surface area contributed by atoms with Crippen molar-refractivity contribution >= 4 is 211 Å². The third-order valence-corrected chi connectivity index (χ3v) is 10.5. The number of pyridine rings is 5. The second-order valence-electron chi connectivity index (χ2n) is 15.1. The van der Waals surface area contributed by atoms with E-state index >= 15 is 0 Å². The Hall–Kier alpha value is -5.36. The smallest absolute Gasteiger partial charge is 0.271 e. The van der Waals surface area contributed by atoms with E-state index in [1.165, 1.54) is 69.6 Å². The molecule has 0 amide bonds. The van der Waals surface area contributed by atoms with Gasteiger partial charge in [0.25, 0.3) is 11.4 Å². The van der Waals surface area contributed by atoms with Crippen molar-refractivity contribution in [1.29, 1.82) is 0 Å². The average Bonchev–Trinajstić information content (AvgIpc) is 0.989. The molecule has 458 valence electrons. The minimum Gasteiger partial charge on any atom is -0.271 e. The summed E-state index contributed by atoms with van der Waals surface area (Å²) in [5.41, 5.74) is -3.34. The Balaban J connectivity index is 0.000000291. The van der Waals surface area contributed by atoms with Crippen molar-refractivity contribution < 1.29 is 61.8 Å². The monoisotopic (exact) mass is 1960 g/mol. The van der Waals surface area contributed by atoms with Crippen molar-refractivity contribution in [3.8, 4) is 34.8 Å². The van der Waals surface area contributed by atoms with Crippen molar-refractivity contribution in [2.24, 2.45) is 0 Å². The number of ether oxygens (including phenoxy) is 4. The summed E-state index contributed by atoms with van der Waals surface area (Å²) in [5.74, 6) is -0.0753. The van der Waals surface area contributed by atoms with Gasteiger partial charge < -0.3 is 34.5 Å². The van der Waals surface area contributed by atoms with Crippen molar-refractivity contribution in [2.45, 2.75) is 0 Å². The molecule has 86 heavy (non-hydrogen) atoms. The number of nitrogens with zero attached hydrogens (tertiary/aromatic N) is 12. The average molecular weight is 1960 g/mol. The topological polar surface area (TPSA) is 386 Å². The quantitative estimate of drug-likeness (QED) is 0.0399. The van der Waals surface area contributed by atoms with Gasteiger partial charge in [-0.3, -0.25) is 76.7 Å². The molecule has 10 aromatic rings. The predicted octanol–water partition coefficient (Wildman–Crippen LogP) is 8.87. The fourth-order valence-electron chi connectivity index (χ4n) is 6.93. The Kier molecular flexibility index (Phi) is 31.0. The molecule has 30 nitrogen and oxygen atoms in total. The minimum absolute atomic E-state index is 0. The largest absolute Gasteiger partial charge is 0.339 e. The van der Waals surface area contributed by atoms with Crippen molar-refractivity contribution in [3.63, 3.8) is 0 Å². The van der Waals surface area contributed by atoms with Gasteiger partial charge in [-0.2, -0.15) is 9.97 Å². The summed E-state index contributed by atoms with van der Waals surface area (Å²) in [6.07, 6.45) is 7.31. The molecule has 0 saturated heterocycles. The van der Waals surface area contributed by atoms with Crippen LogP contribution in [0.2, 0.25) is 5.15 Å². The van der Waals surface area contributed by atoms with Crippen LogP contribution >= 0.6 is 149 Å². The van der Waals surface area contributed by atoms with Crippen LogP contribution in [0, 0.1) is 30.3 Å². The molecule has 0 aliphatic heterocycles. The third-order valence-electron chi connectivity index (χ3n) is 10.3. The molecule has 9 aromatic heterocycles. The molecule has 0 unspecified atom stereocenters. The van der Waals surface area contributed by atoms with E-state index < -0.39 is 64.7 Å². The normalized spacial score (nSPS) is 10.2. The first kappa shape index (κ1) is 74.9. The van der Waals surface area contributed by atoms with E-state index in [4.69, 9.17) is 35.7 Å². The number of nitrogens with one attached hydrogen (secondary N) is 1. The van der Waals surface area contributed by atoms with Gasteiger partial charge in [-0.15, -0.1) is 24.0 Å². The number of aromatic hydroxyl groups is 2. The molecule has 10 rings (SSSR count). The van der Waals surface area contributed by atoms with E-state index in [1.807, 2.05) is 6.07 Å². The molecule has 41 heteroatoms. The fourth-order valence-corrected chi connectivity index (χ4v) is 7.16. The van der Waals surface area contributed by atoms with E-state index in [9.17, 15) is 59.2 Å². The molecule has 0 spiro atoms. The van der Waals surface area contributed by atoms with Crippen LogP contribution in [0.3, 0.4) is 0 Å². The molecule has 3 N–H and O–H groups in total. The van der Waals surface area contributed by atoms with Crippen LogP contribution in [-0.2, 0) is 4.57 Å². The first-order valence-corrected chi connectivity index (χ1v) is 45.6. The van der Waals surface area contributed by atoms with E-state index in [0.717, 1.165) is 30.2 Å². The van der Waals surface area contributed by atoms with E-state index in [0.29, 0.717) is 41.8 Å². The molecule has 0 atom stereocenters. The van der Waals surface area contributed by atoms with Gasteiger partial charge in [0.1, 0.15) is 0 Å². The van der Waals surface area contributed by atoms with Crippen LogP contribution in [-0.4, -0.2) is 95.9 Å². The van der Waals surface area contributed by atoms with Crippen LogP contribution < -0.4 is 59.8 Å². The zero-order valence-electron chi connectivity index (χ0n) is 43.1. The van der Waals surface area contributed by atoms with Crippen molar-refractivity contribution in [1.82, 2.24) is 42.5 Å². The van der Waals surface area contributed by atoms with E-state index in [-0.39, 0.29) is 63.9 Å². The second-order valence-corrected chi connectivity index (χ2v) is 38.3. The number of hydrogen-bond acceptors (Lipinski definition) is 23. The fraction of sp³-hybridized carbons (Fsp3) is 0.0889. The van der Waals surface area contributed by atoms with Crippen LogP contribution in [0.25, 0.3) is 33.5 Å². The first-order chi connectivity index (χ1) is 40.3. The number of rotatable bonds is 9. The number of aromatic nitrogens is 9. The molecular weight excluding hydrogens is 1930 g/mol. The number of nitro groups is 3. The van der Waals surface area contributed by atoms with Crippen LogP contribution in [0.1, 0.15) is 0 Å². The Morgan fingerprint density at radius 1 is 0.593 bits per heavy atom. The van der Waals surface area contributed by atoms with E-state index in [2.05, 4.69) is 138 Å². The summed E-state index contributed by atoms with van der Waals surface area (Å²) in [6, 6.07) is 22.6. The molecule has 0 radical (unpaired) electrons. The summed E-state index contributed by atoms with van der Waals surface area (Å²) in [4.78, 5) is 97.4. The first-order valence-electron chi connectivity index (χ1n) is 22.0. The molecule has 0 fully saturated rings. The van der Waals surface area contributed by atoms with Crippen LogP contribution in [0.15, 0.2) is 135 Å². The van der Waals surface area contributed by atoms with Gasteiger partial charge >= 0.3 is 89.4 Å². The van der Waals surface area contributed by atoms with Gasteiger partial charge in [0, 0.05) is 79.3 Å². The molecule has 0 aliphatic rings. The van der Waals surface area contributed by atoms with Crippen LogP contribution in [0.4, 0.5) is 28.6 Å². The maximum absolute atomic E-state index is 12.6.